The van der Waals surface area contributed by atoms with Crippen LogP contribution in [0.3, 0.4) is 0 Å². The molecule has 29 heavy (non-hydrogen) atoms. The second kappa shape index (κ2) is 8.22. The van der Waals surface area contributed by atoms with Gasteiger partial charge in [-0.3, -0.25) is 0 Å². The Hall–Kier alpha value is -2.28. The molecule has 3 fully saturated rings. The lowest BCUT2D eigenvalue weighted by Gasteiger charge is -2.22. The standard InChI is InChI=1S/C23H26O6/c1-2-3-6-20-21(27-12-15-9-24-15)18-7-4-5-8-19(18)22(28-13-16-10-25-16)23(20)29-14-17-11-26-17/h2-5,7-8,15-17H,6,9-14H2,1H3. The van der Waals surface area contributed by atoms with Crippen molar-refractivity contribution in [3.63, 3.8) is 0 Å². The van der Waals surface area contributed by atoms with Crippen molar-refractivity contribution in [1.82, 2.24) is 0 Å². The Kier molecular flexibility index (Phi) is 5.31. The molecule has 0 aromatic heterocycles. The maximum absolute atomic E-state index is 6.28. The van der Waals surface area contributed by atoms with E-state index in [1.807, 2.05) is 25.1 Å². The average Bonchev–Trinajstić information content (AvgIpc) is 3.60. The van der Waals surface area contributed by atoms with E-state index in [1.165, 1.54) is 0 Å². The molecule has 3 heterocycles. The molecule has 2 aromatic carbocycles. The zero-order valence-electron chi connectivity index (χ0n) is 16.6. The first kappa shape index (κ1) is 18.7. The summed E-state index contributed by atoms with van der Waals surface area (Å²) in [6.07, 6.45) is 5.33. The fourth-order valence-corrected chi connectivity index (χ4v) is 3.31. The number of hydrogen-bond donors (Lipinski definition) is 0. The Bertz CT molecular complexity index is 896. The van der Waals surface area contributed by atoms with Gasteiger partial charge in [0.1, 0.15) is 43.9 Å². The molecule has 154 valence electrons. The molecule has 5 rings (SSSR count). The van der Waals surface area contributed by atoms with Crippen LogP contribution < -0.4 is 14.2 Å². The van der Waals surface area contributed by atoms with Crippen LogP contribution in [0.1, 0.15) is 12.5 Å². The van der Waals surface area contributed by atoms with Gasteiger partial charge in [0.25, 0.3) is 0 Å². The van der Waals surface area contributed by atoms with Gasteiger partial charge in [0.05, 0.1) is 19.8 Å². The summed E-state index contributed by atoms with van der Waals surface area (Å²) in [6.45, 7) is 5.81. The van der Waals surface area contributed by atoms with Gasteiger partial charge < -0.3 is 28.4 Å². The van der Waals surface area contributed by atoms with E-state index in [0.717, 1.165) is 53.4 Å². The number of ether oxygens (including phenoxy) is 6. The van der Waals surface area contributed by atoms with E-state index in [9.17, 15) is 0 Å². The van der Waals surface area contributed by atoms with Crippen LogP contribution >= 0.6 is 0 Å². The summed E-state index contributed by atoms with van der Waals surface area (Å²) in [5.74, 6) is 2.34. The maximum atomic E-state index is 6.28. The Morgan fingerprint density at radius 1 is 0.793 bits per heavy atom. The lowest BCUT2D eigenvalue weighted by molar-refractivity contribution is 0.225. The molecule has 0 bridgehead atoms. The van der Waals surface area contributed by atoms with Crippen molar-refractivity contribution in [3.05, 3.63) is 42.0 Å². The molecule has 0 N–H and O–H groups in total. The highest BCUT2D eigenvalue weighted by atomic mass is 16.6. The van der Waals surface area contributed by atoms with Crippen molar-refractivity contribution in [3.8, 4) is 17.2 Å². The first-order valence-electron chi connectivity index (χ1n) is 10.3. The number of epoxide rings is 3. The second-order valence-electron chi connectivity index (χ2n) is 7.58. The van der Waals surface area contributed by atoms with Crippen LogP contribution in [0.15, 0.2) is 36.4 Å². The van der Waals surface area contributed by atoms with Gasteiger partial charge >= 0.3 is 0 Å². The number of rotatable bonds is 11. The number of fused-ring (bicyclic) bond motifs is 1. The molecule has 0 spiro atoms. The van der Waals surface area contributed by atoms with Crippen molar-refractivity contribution in [2.45, 2.75) is 31.7 Å². The Labute approximate surface area is 170 Å². The minimum Gasteiger partial charge on any atom is -0.490 e. The van der Waals surface area contributed by atoms with Gasteiger partial charge in [-0.15, -0.1) is 0 Å². The normalized spacial score (nSPS) is 24.7. The first-order chi connectivity index (χ1) is 14.3. The Balaban J connectivity index is 1.60. The van der Waals surface area contributed by atoms with Crippen LogP contribution in [0.2, 0.25) is 0 Å². The van der Waals surface area contributed by atoms with Crippen molar-refractivity contribution in [2.75, 3.05) is 39.6 Å². The predicted octanol–water partition coefficient (Wildman–Crippen LogP) is 3.29. The van der Waals surface area contributed by atoms with E-state index >= 15 is 0 Å². The zero-order valence-corrected chi connectivity index (χ0v) is 16.6. The summed E-state index contributed by atoms with van der Waals surface area (Å²) in [7, 11) is 0. The number of benzene rings is 2. The summed E-state index contributed by atoms with van der Waals surface area (Å²) < 4.78 is 34.9. The minimum atomic E-state index is 0.153. The summed E-state index contributed by atoms with van der Waals surface area (Å²) in [4.78, 5) is 0. The molecular weight excluding hydrogens is 372 g/mol. The third kappa shape index (κ3) is 4.50. The smallest absolute Gasteiger partial charge is 0.169 e. The highest BCUT2D eigenvalue weighted by Gasteiger charge is 2.30. The SMILES string of the molecule is CC=CCc1c(OCC2CO2)c(OCC2CO2)c2ccccc2c1OCC1CO1. The van der Waals surface area contributed by atoms with Crippen LogP contribution in [0.5, 0.6) is 17.2 Å². The van der Waals surface area contributed by atoms with E-state index in [-0.39, 0.29) is 18.3 Å². The van der Waals surface area contributed by atoms with Crippen LogP contribution in [-0.4, -0.2) is 58.0 Å². The van der Waals surface area contributed by atoms with E-state index in [4.69, 9.17) is 28.4 Å². The van der Waals surface area contributed by atoms with Gasteiger partial charge in [0, 0.05) is 16.3 Å². The largest absolute Gasteiger partial charge is 0.490 e. The van der Waals surface area contributed by atoms with Gasteiger partial charge in [-0.2, -0.15) is 0 Å². The van der Waals surface area contributed by atoms with Gasteiger partial charge in [-0.25, -0.2) is 0 Å². The van der Waals surface area contributed by atoms with Crippen molar-refractivity contribution in [1.29, 1.82) is 0 Å². The predicted molar refractivity (Wildman–Crippen MR) is 108 cm³/mol. The van der Waals surface area contributed by atoms with Gasteiger partial charge in [0.2, 0.25) is 0 Å². The topological polar surface area (TPSA) is 65.3 Å². The van der Waals surface area contributed by atoms with E-state index in [2.05, 4.69) is 18.2 Å². The average molecular weight is 398 g/mol. The molecule has 0 radical (unpaired) electrons. The summed E-state index contributed by atoms with van der Waals surface area (Å²) >= 11 is 0. The molecule has 2 aromatic rings. The monoisotopic (exact) mass is 398 g/mol. The fourth-order valence-electron chi connectivity index (χ4n) is 3.31. The lowest BCUT2D eigenvalue weighted by atomic mass is 10.00. The van der Waals surface area contributed by atoms with Crippen molar-refractivity contribution >= 4 is 10.8 Å². The van der Waals surface area contributed by atoms with Crippen LogP contribution in [0.4, 0.5) is 0 Å². The molecule has 6 nitrogen and oxygen atoms in total. The number of allylic oxidation sites excluding steroid dienone is 2. The molecule has 0 amide bonds. The van der Waals surface area contributed by atoms with Crippen molar-refractivity contribution < 1.29 is 28.4 Å². The minimum absolute atomic E-state index is 0.153. The molecule has 3 unspecified atom stereocenters. The second-order valence-corrected chi connectivity index (χ2v) is 7.58. The number of hydrogen-bond acceptors (Lipinski definition) is 6. The van der Waals surface area contributed by atoms with Gasteiger partial charge in [-0.1, -0.05) is 36.4 Å². The zero-order chi connectivity index (χ0) is 19.6. The van der Waals surface area contributed by atoms with E-state index < -0.39 is 0 Å². The first-order valence-corrected chi connectivity index (χ1v) is 10.3. The quantitative estimate of drug-likeness (QED) is 0.428. The molecule has 0 aliphatic carbocycles. The van der Waals surface area contributed by atoms with E-state index in [1.54, 1.807) is 0 Å². The molecule has 3 aliphatic heterocycles. The molecule has 3 atom stereocenters. The summed E-state index contributed by atoms with van der Waals surface area (Å²) in [5.41, 5.74) is 0.995. The third-order valence-corrected chi connectivity index (χ3v) is 5.18. The van der Waals surface area contributed by atoms with Gasteiger partial charge in [0.15, 0.2) is 11.5 Å². The van der Waals surface area contributed by atoms with E-state index in [0.29, 0.717) is 26.2 Å². The molecule has 3 saturated heterocycles. The fraction of sp³-hybridized carbons (Fsp3) is 0.478. The van der Waals surface area contributed by atoms with Crippen LogP contribution in [0.25, 0.3) is 10.8 Å². The van der Waals surface area contributed by atoms with Crippen molar-refractivity contribution in [2.24, 2.45) is 0 Å². The Morgan fingerprint density at radius 2 is 1.28 bits per heavy atom. The molecule has 6 heteroatoms. The molecular formula is C23H26O6. The lowest BCUT2D eigenvalue weighted by Crippen LogP contribution is -2.13. The van der Waals surface area contributed by atoms with Crippen LogP contribution in [-0.2, 0) is 20.6 Å². The molecule has 3 aliphatic rings. The third-order valence-electron chi connectivity index (χ3n) is 5.18. The van der Waals surface area contributed by atoms with Crippen LogP contribution in [0, 0.1) is 0 Å². The van der Waals surface area contributed by atoms with Gasteiger partial charge in [-0.05, 0) is 13.3 Å². The highest BCUT2D eigenvalue weighted by Crippen LogP contribution is 2.47. The highest BCUT2D eigenvalue weighted by molar-refractivity contribution is 5.97. The summed E-state index contributed by atoms with van der Waals surface area (Å²) in [5, 5.41) is 2.00. The summed E-state index contributed by atoms with van der Waals surface area (Å²) in [6, 6.07) is 8.16. The Morgan fingerprint density at radius 3 is 1.79 bits per heavy atom. The maximum Gasteiger partial charge on any atom is 0.169 e. The molecule has 0 saturated carbocycles.